The molecule has 3 rings (SSSR count). The van der Waals surface area contributed by atoms with E-state index in [9.17, 15) is 9.18 Å². The average molecular weight is 270 g/mol. The van der Waals surface area contributed by atoms with Crippen LogP contribution < -0.4 is 0 Å². The molecule has 0 aliphatic rings. The molecule has 1 heterocycles. The van der Waals surface area contributed by atoms with Crippen LogP contribution in [0.4, 0.5) is 4.39 Å². The van der Waals surface area contributed by atoms with Crippen molar-refractivity contribution in [3.8, 4) is 0 Å². The number of imidazole rings is 1. The van der Waals surface area contributed by atoms with E-state index in [4.69, 9.17) is 5.11 Å². The summed E-state index contributed by atoms with van der Waals surface area (Å²) in [7, 11) is 0. The van der Waals surface area contributed by atoms with Crippen LogP contribution in [0.15, 0.2) is 48.8 Å². The maximum absolute atomic E-state index is 13.7. The van der Waals surface area contributed by atoms with E-state index in [-0.39, 0.29) is 11.4 Å². The molecule has 0 aliphatic carbocycles. The Morgan fingerprint density at radius 3 is 2.80 bits per heavy atom. The normalized spacial score (nSPS) is 10.8. The number of carbonyl (C=O) groups is 1. The van der Waals surface area contributed by atoms with Crippen molar-refractivity contribution in [3.05, 3.63) is 65.7 Å². The first-order valence-corrected chi connectivity index (χ1v) is 6.07. The van der Waals surface area contributed by atoms with Gasteiger partial charge in [0.05, 0.1) is 29.5 Å². The minimum absolute atomic E-state index is 0.188. The van der Waals surface area contributed by atoms with Crippen molar-refractivity contribution < 1.29 is 14.3 Å². The molecule has 0 atom stereocenters. The van der Waals surface area contributed by atoms with E-state index in [0.29, 0.717) is 23.1 Å². The molecule has 4 nitrogen and oxygen atoms in total. The predicted octanol–water partition coefficient (Wildman–Crippen LogP) is 2.92. The highest BCUT2D eigenvalue weighted by atomic mass is 19.1. The number of fused-ring (bicyclic) bond motifs is 1. The average Bonchev–Trinajstić information content (AvgIpc) is 2.84. The summed E-state index contributed by atoms with van der Waals surface area (Å²) in [5.74, 6) is -1.28. The highest BCUT2D eigenvalue weighted by Crippen LogP contribution is 2.17. The lowest BCUT2D eigenvalue weighted by Gasteiger charge is -2.06. The number of carboxylic acid groups (broad SMARTS) is 1. The monoisotopic (exact) mass is 270 g/mol. The summed E-state index contributed by atoms with van der Waals surface area (Å²) in [5.41, 5.74) is 2.08. The molecule has 0 fully saturated rings. The van der Waals surface area contributed by atoms with E-state index in [0.717, 1.165) is 0 Å². The second-order valence-corrected chi connectivity index (χ2v) is 4.47. The number of rotatable bonds is 3. The van der Waals surface area contributed by atoms with Crippen molar-refractivity contribution in [1.82, 2.24) is 9.55 Å². The quantitative estimate of drug-likeness (QED) is 0.796. The number of carboxylic acids is 1. The fraction of sp³-hybridized carbons (Fsp3) is 0.0667. The second-order valence-electron chi connectivity index (χ2n) is 4.47. The van der Waals surface area contributed by atoms with Crippen molar-refractivity contribution >= 4 is 17.0 Å². The fourth-order valence-corrected chi connectivity index (χ4v) is 2.13. The number of nitrogens with zero attached hydrogens (tertiary/aromatic N) is 2. The highest BCUT2D eigenvalue weighted by molar-refractivity contribution is 5.92. The van der Waals surface area contributed by atoms with Gasteiger partial charge in [-0.3, -0.25) is 0 Å². The van der Waals surface area contributed by atoms with Gasteiger partial charge < -0.3 is 9.67 Å². The van der Waals surface area contributed by atoms with E-state index in [1.54, 1.807) is 41.2 Å². The van der Waals surface area contributed by atoms with Crippen LogP contribution in [0.2, 0.25) is 0 Å². The molecule has 0 amide bonds. The van der Waals surface area contributed by atoms with Gasteiger partial charge in [-0.05, 0) is 24.3 Å². The van der Waals surface area contributed by atoms with Crippen molar-refractivity contribution in [2.75, 3.05) is 0 Å². The lowest BCUT2D eigenvalue weighted by molar-refractivity contribution is 0.0697. The largest absolute Gasteiger partial charge is 0.478 e. The fourth-order valence-electron chi connectivity index (χ4n) is 2.13. The first kappa shape index (κ1) is 12.3. The first-order chi connectivity index (χ1) is 9.65. The van der Waals surface area contributed by atoms with Gasteiger partial charge in [-0.2, -0.15) is 0 Å². The van der Waals surface area contributed by atoms with Crippen molar-refractivity contribution in [3.63, 3.8) is 0 Å². The summed E-state index contributed by atoms with van der Waals surface area (Å²) < 4.78 is 15.4. The van der Waals surface area contributed by atoms with Gasteiger partial charge in [0.25, 0.3) is 0 Å². The van der Waals surface area contributed by atoms with Gasteiger partial charge in [0.1, 0.15) is 5.82 Å². The van der Waals surface area contributed by atoms with Gasteiger partial charge in [0.15, 0.2) is 0 Å². The molecule has 5 heteroatoms. The van der Waals surface area contributed by atoms with Crippen LogP contribution >= 0.6 is 0 Å². The van der Waals surface area contributed by atoms with Crippen molar-refractivity contribution in [2.45, 2.75) is 6.54 Å². The molecule has 0 aliphatic heterocycles. The summed E-state index contributed by atoms with van der Waals surface area (Å²) in [6.07, 6.45) is 1.59. The maximum atomic E-state index is 13.7. The smallest absolute Gasteiger partial charge is 0.335 e. The Hall–Kier alpha value is -2.69. The van der Waals surface area contributed by atoms with Crippen LogP contribution in [0, 0.1) is 5.82 Å². The third-order valence-corrected chi connectivity index (χ3v) is 3.17. The summed E-state index contributed by atoms with van der Waals surface area (Å²) in [6, 6.07) is 11.2. The Kier molecular flexibility index (Phi) is 2.95. The Labute approximate surface area is 114 Å². The standard InChI is InChI=1S/C15H11FN2O2/c16-12-4-2-1-3-11(12)8-18-9-17-13-6-5-10(15(19)20)7-14(13)18/h1-7,9H,8H2,(H,19,20). The Morgan fingerprint density at radius 2 is 2.05 bits per heavy atom. The topological polar surface area (TPSA) is 55.1 Å². The number of aromatic nitrogens is 2. The number of hydrogen-bond donors (Lipinski definition) is 1. The van der Waals surface area contributed by atoms with Crippen LogP contribution in [0.1, 0.15) is 15.9 Å². The minimum atomic E-state index is -0.995. The number of aromatic carboxylic acids is 1. The molecule has 2 aromatic carbocycles. The van der Waals surface area contributed by atoms with Gasteiger partial charge in [-0.1, -0.05) is 18.2 Å². The molecule has 1 N–H and O–H groups in total. The second kappa shape index (κ2) is 4.77. The van der Waals surface area contributed by atoms with Crippen LogP contribution in [0.3, 0.4) is 0 Å². The predicted molar refractivity (Wildman–Crippen MR) is 72.2 cm³/mol. The van der Waals surface area contributed by atoms with Crippen LogP contribution in [0.5, 0.6) is 0 Å². The van der Waals surface area contributed by atoms with Gasteiger partial charge in [-0.15, -0.1) is 0 Å². The molecule has 0 spiro atoms. The van der Waals surface area contributed by atoms with Crippen LogP contribution in [0.25, 0.3) is 11.0 Å². The van der Waals surface area contributed by atoms with E-state index >= 15 is 0 Å². The van der Waals surface area contributed by atoms with Gasteiger partial charge in [-0.25, -0.2) is 14.2 Å². The van der Waals surface area contributed by atoms with Gasteiger partial charge >= 0.3 is 5.97 Å². The zero-order chi connectivity index (χ0) is 14.1. The summed E-state index contributed by atoms with van der Waals surface area (Å²) >= 11 is 0. The SMILES string of the molecule is O=C(O)c1ccc2ncn(Cc3ccccc3F)c2c1. The molecule has 0 radical (unpaired) electrons. The molecule has 100 valence electrons. The van der Waals surface area contributed by atoms with E-state index in [2.05, 4.69) is 4.98 Å². The molecular formula is C15H11FN2O2. The molecule has 0 unspecified atom stereocenters. The first-order valence-electron chi connectivity index (χ1n) is 6.07. The van der Waals surface area contributed by atoms with Gasteiger partial charge in [0, 0.05) is 5.56 Å². The van der Waals surface area contributed by atoms with E-state index in [1.165, 1.54) is 12.1 Å². The molecule has 20 heavy (non-hydrogen) atoms. The Bertz CT molecular complexity index is 795. The zero-order valence-electron chi connectivity index (χ0n) is 10.5. The molecule has 1 aromatic heterocycles. The lowest BCUT2D eigenvalue weighted by atomic mass is 10.2. The van der Waals surface area contributed by atoms with Crippen LogP contribution in [-0.4, -0.2) is 20.6 Å². The summed E-state index contributed by atoms with van der Waals surface area (Å²) in [4.78, 5) is 15.2. The van der Waals surface area contributed by atoms with Crippen molar-refractivity contribution in [1.29, 1.82) is 0 Å². The Balaban J connectivity index is 2.06. The van der Waals surface area contributed by atoms with E-state index in [1.807, 2.05) is 0 Å². The summed E-state index contributed by atoms with van der Waals surface area (Å²) in [6.45, 7) is 0.312. The van der Waals surface area contributed by atoms with E-state index < -0.39 is 5.97 Å². The molecule has 3 aromatic rings. The number of hydrogen-bond acceptors (Lipinski definition) is 2. The number of halogens is 1. The Morgan fingerprint density at radius 1 is 1.25 bits per heavy atom. The lowest BCUT2D eigenvalue weighted by Crippen LogP contribution is -2.01. The van der Waals surface area contributed by atoms with Crippen molar-refractivity contribution in [2.24, 2.45) is 0 Å². The third kappa shape index (κ3) is 2.14. The number of benzene rings is 2. The molecule has 0 saturated heterocycles. The molecule has 0 bridgehead atoms. The highest BCUT2D eigenvalue weighted by Gasteiger charge is 2.09. The van der Waals surface area contributed by atoms with Crippen LogP contribution in [-0.2, 0) is 6.54 Å². The third-order valence-electron chi connectivity index (χ3n) is 3.17. The molecule has 0 saturated carbocycles. The zero-order valence-corrected chi connectivity index (χ0v) is 10.5. The minimum Gasteiger partial charge on any atom is -0.478 e. The maximum Gasteiger partial charge on any atom is 0.335 e. The summed E-state index contributed by atoms with van der Waals surface area (Å²) in [5, 5.41) is 9.02. The van der Waals surface area contributed by atoms with Gasteiger partial charge in [0.2, 0.25) is 0 Å². The molecular weight excluding hydrogens is 259 g/mol.